The maximum absolute atomic E-state index is 5.85. The van der Waals surface area contributed by atoms with Crippen molar-refractivity contribution in [3.63, 3.8) is 0 Å². The van der Waals surface area contributed by atoms with Gasteiger partial charge in [-0.05, 0) is 45.2 Å². The molecule has 0 atom stereocenters. The molecular formula is C19H28N4O. The van der Waals surface area contributed by atoms with E-state index in [1.807, 2.05) is 51.1 Å². The van der Waals surface area contributed by atoms with Gasteiger partial charge in [-0.15, -0.1) is 0 Å². The van der Waals surface area contributed by atoms with E-state index in [2.05, 4.69) is 34.4 Å². The van der Waals surface area contributed by atoms with E-state index >= 15 is 0 Å². The molecule has 0 spiro atoms. The molecule has 0 saturated carbocycles. The molecule has 130 valence electrons. The second-order valence-electron chi connectivity index (χ2n) is 6.62. The molecule has 0 saturated heterocycles. The average molecular weight is 328 g/mol. The van der Waals surface area contributed by atoms with Crippen molar-refractivity contribution in [3.05, 3.63) is 36.0 Å². The number of ether oxygens (including phenoxy) is 1. The van der Waals surface area contributed by atoms with E-state index in [1.165, 1.54) is 0 Å². The monoisotopic (exact) mass is 328 g/mol. The Morgan fingerprint density at radius 2 is 1.83 bits per heavy atom. The first-order chi connectivity index (χ1) is 11.4. The van der Waals surface area contributed by atoms with E-state index < -0.39 is 0 Å². The molecule has 5 nitrogen and oxygen atoms in total. The molecule has 0 unspecified atom stereocenters. The van der Waals surface area contributed by atoms with Crippen molar-refractivity contribution in [1.29, 1.82) is 0 Å². The molecule has 2 rings (SSSR count). The van der Waals surface area contributed by atoms with E-state index in [1.54, 1.807) is 0 Å². The molecule has 0 amide bonds. The van der Waals surface area contributed by atoms with Crippen LogP contribution in [0.5, 0.6) is 5.75 Å². The molecule has 1 aromatic heterocycles. The number of nitrogens with one attached hydrogen (secondary N) is 2. The molecular weight excluding hydrogens is 300 g/mol. The summed E-state index contributed by atoms with van der Waals surface area (Å²) in [6.07, 6.45) is 1.21. The van der Waals surface area contributed by atoms with Crippen LogP contribution in [0.15, 0.2) is 30.3 Å². The van der Waals surface area contributed by atoms with Crippen molar-refractivity contribution in [2.45, 2.75) is 47.1 Å². The summed E-state index contributed by atoms with van der Waals surface area (Å²) in [7, 11) is 0. The Hall–Kier alpha value is -2.30. The zero-order valence-corrected chi connectivity index (χ0v) is 15.3. The van der Waals surface area contributed by atoms with Gasteiger partial charge in [-0.2, -0.15) is 4.98 Å². The van der Waals surface area contributed by atoms with Crippen LogP contribution in [0, 0.1) is 12.8 Å². The van der Waals surface area contributed by atoms with Crippen LogP contribution < -0.4 is 15.4 Å². The van der Waals surface area contributed by atoms with E-state index in [-0.39, 0.29) is 6.10 Å². The third kappa shape index (κ3) is 5.72. The molecule has 5 heteroatoms. The lowest BCUT2D eigenvalue weighted by Crippen LogP contribution is -2.10. The highest BCUT2D eigenvalue weighted by molar-refractivity contribution is 5.64. The highest BCUT2D eigenvalue weighted by Crippen LogP contribution is 2.28. The molecule has 0 aliphatic heterocycles. The first-order valence-corrected chi connectivity index (χ1v) is 8.56. The molecule has 0 bridgehead atoms. The minimum absolute atomic E-state index is 0.119. The molecule has 2 aromatic rings. The quantitative estimate of drug-likeness (QED) is 0.730. The van der Waals surface area contributed by atoms with E-state index in [9.17, 15) is 0 Å². The normalized spacial score (nSPS) is 11.0. The number of benzene rings is 1. The number of anilines is 3. The first kappa shape index (κ1) is 18.0. The summed E-state index contributed by atoms with van der Waals surface area (Å²) in [5, 5.41) is 6.64. The zero-order chi connectivity index (χ0) is 17.5. The minimum atomic E-state index is 0.119. The highest BCUT2D eigenvalue weighted by Gasteiger charge is 2.08. The predicted molar refractivity (Wildman–Crippen MR) is 100 cm³/mol. The lowest BCUT2D eigenvalue weighted by molar-refractivity contribution is 0.244. The lowest BCUT2D eigenvalue weighted by atomic mass is 10.1. The van der Waals surface area contributed by atoms with Crippen molar-refractivity contribution >= 4 is 17.5 Å². The van der Waals surface area contributed by atoms with Crippen molar-refractivity contribution in [3.8, 4) is 5.75 Å². The lowest BCUT2D eigenvalue weighted by Gasteiger charge is -2.16. The topological polar surface area (TPSA) is 59.1 Å². The second kappa shape index (κ2) is 8.52. The molecule has 24 heavy (non-hydrogen) atoms. The number of rotatable bonds is 8. The molecule has 2 N–H and O–H groups in total. The summed E-state index contributed by atoms with van der Waals surface area (Å²) < 4.78 is 5.85. The summed E-state index contributed by atoms with van der Waals surface area (Å²) in [4.78, 5) is 9.01. The summed E-state index contributed by atoms with van der Waals surface area (Å²) >= 11 is 0. The standard InChI is InChI=1S/C19H28N4O/c1-13(2)10-11-20-19-21-15(5)12-18(23-19)22-16-8-6-7-9-17(16)24-14(3)4/h6-9,12-14H,10-11H2,1-5H3,(H2,20,21,22,23). The Bertz CT molecular complexity index is 656. The Morgan fingerprint density at radius 1 is 1.08 bits per heavy atom. The summed E-state index contributed by atoms with van der Waals surface area (Å²) in [6.45, 7) is 11.3. The first-order valence-electron chi connectivity index (χ1n) is 8.56. The van der Waals surface area contributed by atoms with Gasteiger partial charge in [0.25, 0.3) is 0 Å². The second-order valence-corrected chi connectivity index (χ2v) is 6.62. The van der Waals surface area contributed by atoms with Gasteiger partial charge in [0.2, 0.25) is 5.95 Å². The van der Waals surface area contributed by atoms with E-state index in [4.69, 9.17) is 4.74 Å². The highest BCUT2D eigenvalue weighted by atomic mass is 16.5. The molecule has 1 aromatic carbocycles. The number of aryl methyl sites for hydroxylation is 1. The Labute approximate surface area is 144 Å². The maximum atomic E-state index is 5.85. The molecule has 0 fully saturated rings. The largest absolute Gasteiger partial charge is 0.489 e. The number of nitrogens with zero attached hydrogens (tertiary/aromatic N) is 2. The van der Waals surface area contributed by atoms with Gasteiger partial charge in [-0.3, -0.25) is 0 Å². The van der Waals surface area contributed by atoms with Gasteiger partial charge >= 0.3 is 0 Å². The summed E-state index contributed by atoms with van der Waals surface area (Å²) in [6, 6.07) is 9.82. The van der Waals surface area contributed by atoms with Gasteiger partial charge in [-0.1, -0.05) is 26.0 Å². The Balaban J connectivity index is 2.13. The number of para-hydroxylation sites is 2. The summed E-state index contributed by atoms with van der Waals surface area (Å²) in [5.74, 6) is 2.88. The van der Waals surface area contributed by atoms with Crippen molar-refractivity contribution in [1.82, 2.24) is 9.97 Å². The van der Waals surface area contributed by atoms with Crippen LogP contribution in [0.1, 0.15) is 39.8 Å². The molecule has 0 aliphatic carbocycles. The van der Waals surface area contributed by atoms with Crippen LogP contribution >= 0.6 is 0 Å². The van der Waals surface area contributed by atoms with Gasteiger partial charge < -0.3 is 15.4 Å². The van der Waals surface area contributed by atoms with Gasteiger partial charge in [-0.25, -0.2) is 4.98 Å². The number of aromatic nitrogens is 2. The van der Waals surface area contributed by atoms with Gasteiger partial charge in [0.05, 0.1) is 11.8 Å². The number of hydrogen-bond acceptors (Lipinski definition) is 5. The van der Waals surface area contributed by atoms with Crippen LogP contribution in [0.3, 0.4) is 0 Å². The van der Waals surface area contributed by atoms with Crippen LogP contribution in [0.4, 0.5) is 17.5 Å². The van der Waals surface area contributed by atoms with Gasteiger partial charge in [0, 0.05) is 18.3 Å². The Kier molecular flexibility index (Phi) is 6.41. The fourth-order valence-corrected chi connectivity index (χ4v) is 2.25. The fourth-order valence-electron chi connectivity index (χ4n) is 2.25. The van der Waals surface area contributed by atoms with Crippen molar-refractivity contribution < 1.29 is 4.74 Å². The third-order valence-electron chi connectivity index (χ3n) is 3.37. The maximum Gasteiger partial charge on any atom is 0.224 e. The number of hydrogen-bond donors (Lipinski definition) is 2. The summed E-state index contributed by atoms with van der Waals surface area (Å²) in [5.41, 5.74) is 1.82. The SMILES string of the molecule is Cc1cc(Nc2ccccc2OC(C)C)nc(NCCC(C)C)n1. The molecule has 1 heterocycles. The molecule has 0 aliphatic rings. The third-order valence-corrected chi connectivity index (χ3v) is 3.37. The fraction of sp³-hybridized carbons (Fsp3) is 0.474. The predicted octanol–water partition coefficient (Wildman–Crippen LogP) is 4.77. The van der Waals surface area contributed by atoms with Crippen LogP contribution in [0.25, 0.3) is 0 Å². The minimum Gasteiger partial charge on any atom is -0.489 e. The van der Waals surface area contributed by atoms with Gasteiger partial charge in [0.15, 0.2) is 0 Å². The smallest absolute Gasteiger partial charge is 0.224 e. The van der Waals surface area contributed by atoms with Crippen molar-refractivity contribution in [2.75, 3.05) is 17.2 Å². The van der Waals surface area contributed by atoms with Crippen LogP contribution in [0.2, 0.25) is 0 Å². The Morgan fingerprint density at radius 3 is 2.54 bits per heavy atom. The average Bonchev–Trinajstić information content (AvgIpc) is 2.48. The molecule has 0 radical (unpaired) electrons. The van der Waals surface area contributed by atoms with E-state index in [0.717, 1.165) is 35.9 Å². The van der Waals surface area contributed by atoms with Gasteiger partial charge in [0.1, 0.15) is 11.6 Å². The van der Waals surface area contributed by atoms with E-state index in [0.29, 0.717) is 11.9 Å². The van der Waals surface area contributed by atoms with Crippen molar-refractivity contribution in [2.24, 2.45) is 5.92 Å². The zero-order valence-electron chi connectivity index (χ0n) is 15.3. The van der Waals surface area contributed by atoms with Crippen LogP contribution in [-0.2, 0) is 0 Å². The van der Waals surface area contributed by atoms with Crippen LogP contribution in [-0.4, -0.2) is 22.6 Å².